The minimum atomic E-state index is -0.407. The molecule has 6 atom stereocenters. The summed E-state index contributed by atoms with van der Waals surface area (Å²) < 4.78 is 0. The van der Waals surface area contributed by atoms with Gasteiger partial charge in [0.25, 0.3) is 0 Å². The van der Waals surface area contributed by atoms with E-state index in [2.05, 4.69) is 26.0 Å². The topological polar surface area (TPSA) is 60.8 Å². The fourth-order valence-corrected chi connectivity index (χ4v) is 5.57. The number of rotatable bonds is 14. The van der Waals surface area contributed by atoms with Crippen molar-refractivity contribution in [2.45, 2.75) is 104 Å². The van der Waals surface area contributed by atoms with Gasteiger partial charge in [-0.2, -0.15) is 0 Å². The van der Waals surface area contributed by atoms with E-state index in [9.17, 15) is 15.0 Å². The molecule has 0 bridgehead atoms. The first-order valence-corrected chi connectivity index (χ1v) is 12.9. The molecule has 0 aliphatic heterocycles. The van der Waals surface area contributed by atoms with E-state index in [0.717, 1.165) is 51.6 Å². The molecule has 0 aromatic carbocycles. The van der Waals surface area contributed by atoms with Crippen LogP contribution in [-0.2, 0) is 4.79 Å². The van der Waals surface area contributed by atoms with Gasteiger partial charge in [-0.3, -0.25) is 4.79 Å². The van der Waals surface area contributed by atoms with Crippen LogP contribution >= 0.6 is 0 Å². The summed E-state index contributed by atoms with van der Waals surface area (Å²) in [6, 6.07) is 0. The maximum absolute atomic E-state index is 12.1. The summed E-state index contributed by atoms with van der Waals surface area (Å²) in [5, 5.41) is 21.0. The fraction of sp³-hybridized carbons (Fsp3) is 0.815. The Hall–Kier alpha value is -1.13. The molecule has 0 radical (unpaired) electrons. The molecule has 2 rings (SSSR count). The summed E-state index contributed by atoms with van der Waals surface area (Å²) in [4.78, 5) is 14.1. The second kappa shape index (κ2) is 13.4. The van der Waals surface area contributed by atoms with E-state index < -0.39 is 6.10 Å². The standard InChI is InChI=1S/C27H47NO3/c1-5-8-11-20(4)16-23(29)14-15-24-25-18-21(17-22(25)19-26(24)30)12-9-10-13-27(31)28(6-2)7-3/h14-15,17,20,22-26,29-30H,5-13,16,18-19H2,1-4H3/b15-14+/t20-,22-,23+,24+,25-,26+/m0/s1. The summed E-state index contributed by atoms with van der Waals surface area (Å²) in [6.45, 7) is 10.1. The average molecular weight is 434 g/mol. The lowest BCUT2D eigenvalue weighted by Crippen LogP contribution is -2.30. The van der Waals surface area contributed by atoms with Crippen LogP contribution in [0.4, 0.5) is 0 Å². The smallest absolute Gasteiger partial charge is 0.222 e. The van der Waals surface area contributed by atoms with Gasteiger partial charge in [0.2, 0.25) is 5.91 Å². The van der Waals surface area contributed by atoms with Gasteiger partial charge in [-0.05, 0) is 70.1 Å². The molecular formula is C27H47NO3. The SMILES string of the molecule is CCCC[C@H](C)C[C@H](O)/C=C/[C@@H]1[C@H]2CC(CCCCC(=O)N(CC)CC)=C[C@H]2C[C@H]1O. The Morgan fingerprint density at radius 2 is 1.97 bits per heavy atom. The molecule has 4 nitrogen and oxygen atoms in total. The first-order valence-electron chi connectivity index (χ1n) is 12.9. The van der Waals surface area contributed by atoms with E-state index in [-0.39, 0.29) is 17.9 Å². The number of hydrogen-bond donors (Lipinski definition) is 2. The van der Waals surface area contributed by atoms with E-state index in [0.29, 0.717) is 24.2 Å². The molecular weight excluding hydrogens is 386 g/mol. The van der Waals surface area contributed by atoms with Crippen LogP contribution in [-0.4, -0.2) is 46.3 Å². The molecule has 2 aliphatic rings. The number of aliphatic hydroxyl groups excluding tert-OH is 2. The molecule has 2 aliphatic carbocycles. The van der Waals surface area contributed by atoms with Crippen LogP contribution in [0.25, 0.3) is 0 Å². The Morgan fingerprint density at radius 1 is 1.23 bits per heavy atom. The molecule has 0 aromatic heterocycles. The monoisotopic (exact) mass is 433 g/mol. The Kier molecular flexibility index (Phi) is 11.3. The first-order chi connectivity index (χ1) is 14.9. The number of nitrogens with zero attached hydrogens (tertiary/aromatic N) is 1. The Bertz CT molecular complexity index is 595. The average Bonchev–Trinajstić information content (AvgIpc) is 3.25. The number of allylic oxidation sites excluding steroid dienone is 2. The molecule has 1 fully saturated rings. The molecule has 1 saturated carbocycles. The third-order valence-corrected chi connectivity index (χ3v) is 7.45. The number of amides is 1. The van der Waals surface area contributed by atoms with Gasteiger partial charge in [0.15, 0.2) is 0 Å². The second-order valence-corrected chi connectivity index (χ2v) is 9.95. The van der Waals surface area contributed by atoms with Crippen LogP contribution in [0.15, 0.2) is 23.8 Å². The lowest BCUT2D eigenvalue weighted by atomic mass is 9.88. The van der Waals surface area contributed by atoms with E-state index in [1.165, 1.54) is 24.8 Å². The number of fused-ring (bicyclic) bond motifs is 1. The van der Waals surface area contributed by atoms with Gasteiger partial charge in [0.1, 0.15) is 0 Å². The van der Waals surface area contributed by atoms with Crippen molar-refractivity contribution in [1.29, 1.82) is 0 Å². The summed E-state index contributed by atoms with van der Waals surface area (Å²) in [6.07, 6.45) is 15.8. The van der Waals surface area contributed by atoms with Crippen molar-refractivity contribution < 1.29 is 15.0 Å². The molecule has 0 aromatic rings. The number of unbranched alkanes of at least 4 members (excludes halogenated alkanes) is 2. The summed E-state index contributed by atoms with van der Waals surface area (Å²) in [5.41, 5.74) is 1.50. The highest BCUT2D eigenvalue weighted by Crippen LogP contribution is 2.48. The van der Waals surface area contributed by atoms with Gasteiger partial charge >= 0.3 is 0 Å². The molecule has 1 amide bonds. The van der Waals surface area contributed by atoms with Gasteiger partial charge < -0.3 is 15.1 Å². The number of carbonyl (C=O) groups excluding carboxylic acids is 1. The Labute approximate surface area is 190 Å². The van der Waals surface area contributed by atoms with Gasteiger partial charge in [-0.15, -0.1) is 0 Å². The van der Waals surface area contributed by atoms with Crippen molar-refractivity contribution in [3.63, 3.8) is 0 Å². The minimum Gasteiger partial charge on any atom is -0.392 e. The van der Waals surface area contributed by atoms with Crippen molar-refractivity contribution in [3.8, 4) is 0 Å². The fourth-order valence-electron chi connectivity index (χ4n) is 5.57. The molecule has 0 heterocycles. The highest BCUT2D eigenvalue weighted by molar-refractivity contribution is 5.76. The zero-order valence-electron chi connectivity index (χ0n) is 20.4. The second-order valence-electron chi connectivity index (χ2n) is 9.95. The number of carbonyl (C=O) groups is 1. The Morgan fingerprint density at radius 3 is 2.65 bits per heavy atom. The normalized spacial score (nSPS) is 27.4. The van der Waals surface area contributed by atoms with E-state index >= 15 is 0 Å². The molecule has 0 unspecified atom stereocenters. The highest BCUT2D eigenvalue weighted by atomic mass is 16.3. The quantitative estimate of drug-likeness (QED) is 0.281. The van der Waals surface area contributed by atoms with Crippen LogP contribution in [0, 0.1) is 23.7 Å². The van der Waals surface area contributed by atoms with Crippen LogP contribution in [0.3, 0.4) is 0 Å². The third-order valence-electron chi connectivity index (χ3n) is 7.45. The third kappa shape index (κ3) is 8.05. The molecule has 0 spiro atoms. The van der Waals surface area contributed by atoms with Crippen LogP contribution in [0.5, 0.6) is 0 Å². The van der Waals surface area contributed by atoms with Crippen molar-refractivity contribution in [2.24, 2.45) is 23.7 Å². The molecule has 2 N–H and O–H groups in total. The van der Waals surface area contributed by atoms with Gasteiger partial charge in [0.05, 0.1) is 12.2 Å². The van der Waals surface area contributed by atoms with Crippen molar-refractivity contribution >= 4 is 5.91 Å². The van der Waals surface area contributed by atoms with Gasteiger partial charge in [0, 0.05) is 25.4 Å². The maximum Gasteiger partial charge on any atom is 0.222 e. The van der Waals surface area contributed by atoms with E-state index in [1.54, 1.807) is 0 Å². The van der Waals surface area contributed by atoms with Crippen molar-refractivity contribution in [2.75, 3.05) is 13.1 Å². The summed E-state index contributed by atoms with van der Waals surface area (Å²) in [7, 11) is 0. The zero-order valence-corrected chi connectivity index (χ0v) is 20.4. The Balaban J connectivity index is 1.75. The molecule has 178 valence electrons. The summed E-state index contributed by atoms with van der Waals surface area (Å²) in [5.74, 6) is 1.91. The molecule has 0 saturated heterocycles. The maximum atomic E-state index is 12.1. The minimum absolute atomic E-state index is 0.156. The van der Waals surface area contributed by atoms with Crippen LogP contribution < -0.4 is 0 Å². The number of aliphatic hydroxyl groups is 2. The van der Waals surface area contributed by atoms with E-state index in [4.69, 9.17) is 0 Å². The summed E-state index contributed by atoms with van der Waals surface area (Å²) >= 11 is 0. The first kappa shape index (κ1) is 26.1. The van der Waals surface area contributed by atoms with Crippen LogP contribution in [0.2, 0.25) is 0 Å². The van der Waals surface area contributed by atoms with Gasteiger partial charge in [-0.1, -0.05) is 56.9 Å². The predicted octanol–water partition coefficient (Wildman–Crippen LogP) is 5.49. The van der Waals surface area contributed by atoms with E-state index in [1.807, 2.05) is 24.8 Å². The largest absolute Gasteiger partial charge is 0.392 e. The van der Waals surface area contributed by atoms with Crippen molar-refractivity contribution in [3.05, 3.63) is 23.8 Å². The van der Waals surface area contributed by atoms with Gasteiger partial charge in [-0.25, -0.2) is 0 Å². The molecule has 4 heteroatoms. The number of hydrogen-bond acceptors (Lipinski definition) is 3. The highest BCUT2D eigenvalue weighted by Gasteiger charge is 2.43. The van der Waals surface area contributed by atoms with Crippen LogP contribution in [0.1, 0.15) is 91.9 Å². The predicted molar refractivity (Wildman–Crippen MR) is 129 cm³/mol. The lowest BCUT2D eigenvalue weighted by Gasteiger charge is -2.20. The zero-order chi connectivity index (χ0) is 22.8. The van der Waals surface area contributed by atoms with Crippen molar-refractivity contribution in [1.82, 2.24) is 4.90 Å². The molecule has 31 heavy (non-hydrogen) atoms. The lowest BCUT2D eigenvalue weighted by molar-refractivity contribution is -0.130.